The van der Waals surface area contributed by atoms with Crippen LogP contribution in [0.3, 0.4) is 0 Å². The van der Waals surface area contributed by atoms with Crippen molar-refractivity contribution in [2.75, 3.05) is 5.32 Å². The van der Waals surface area contributed by atoms with Crippen LogP contribution in [0.25, 0.3) is 65.6 Å². The second-order valence-corrected chi connectivity index (χ2v) is 11.4. The maximum Gasteiger partial charge on any atom is 0.227 e. The van der Waals surface area contributed by atoms with Gasteiger partial charge in [-0.15, -0.1) is 11.3 Å². The van der Waals surface area contributed by atoms with E-state index in [0.717, 1.165) is 55.3 Å². The molecule has 8 rings (SSSR count). The van der Waals surface area contributed by atoms with Crippen LogP contribution in [0.15, 0.2) is 150 Å². The minimum Gasteiger partial charge on any atom is -0.436 e. The lowest BCUT2D eigenvalue weighted by atomic mass is 10.0. The zero-order valence-corrected chi connectivity index (χ0v) is 23.9. The van der Waals surface area contributed by atoms with Crippen LogP contribution in [0.5, 0.6) is 0 Å². The summed E-state index contributed by atoms with van der Waals surface area (Å²) in [6, 6.07) is 50.0. The van der Waals surface area contributed by atoms with Gasteiger partial charge in [-0.25, -0.2) is 9.97 Å². The van der Waals surface area contributed by atoms with Crippen molar-refractivity contribution in [3.05, 3.63) is 146 Å². The summed E-state index contributed by atoms with van der Waals surface area (Å²) < 4.78 is 7.27. The molecule has 0 atom stereocenters. The number of oxazole rings is 1. The number of fused-ring (bicyclic) bond motifs is 2. The average molecular weight is 572 g/mol. The highest BCUT2D eigenvalue weighted by Crippen LogP contribution is 2.34. The Hall–Kier alpha value is -5.52. The third kappa shape index (κ3) is 5.07. The Morgan fingerprint density at radius 1 is 0.465 bits per heavy atom. The van der Waals surface area contributed by atoms with Crippen LogP contribution in [0, 0.1) is 0 Å². The molecule has 8 aromatic rings. The molecule has 0 saturated carbocycles. The predicted molar refractivity (Wildman–Crippen MR) is 179 cm³/mol. The largest absolute Gasteiger partial charge is 0.436 e. The minimum absolute atomic E-state index is 0.639. The molecule has 0 unspecified atom stereocenters. The van der Waals surface area contributed by atoms with Crippen LogP contribution in [-0.2, 0) is 0 Å². The van der Waals surface area contributed by atoms with E-state index >= 15 is 0 Å². The first-order valence-corrected chi connectivity index (χ1v) is 15.0. The van der Waals surface area contributed by atoms with E-state index < -0.39 is 0 Å². The molecule has 0 aliphatic carbocycles. The summed E-state index contributed by atoms with van der Waals surface area (Å²) in [5.74, 6) is 0.639. The van der Waals surface area contributed by atoms with Crippen molar-refractivity contribution < 1.29 is 4.42 Å². The second kappa shape index (κ2) is 10.7. The van der Waals surface area contributed by atoms with Gasteiger partial charge in [-0.05, 0) is 82.9 Å². The zero-order chi connectivity index (χ0) is 28.6. The molecule has 0 saturated heterocycles. The number of benzene rings is 6. The monoisotopic (exact) mass is 571 g/mol. The Balaban J connectivity index is 0.975. The van der Waals surface area contributed by atoms with E-state index in [1.807, 2.05) is 42.5 Å². The predicted octanol–water partition coefficient (Wildman–Crippen LogP) is 10.8. The van der Waals surface area contributed by atoms with E-state index in [-0.39, 0.29) is 0 Å². The number of thiazole rings is 1. The molecule has 4 nitrogen and oxygen atoms in total. The van der Waals surface area contributed by atoms with E-state index in [0.29, 0.717) is 5.89 Å². The molecule has 5 heteroatoms. The van der Waals surface area contributed by atoms with E-state index in [2.05, 4.69) is 113 Å². The highest BCUT2D eigenvalue weighted by Gasteiger charge is 2.10. The second-order valence-electron chi connectivity index (χ2n) is 10.4. The van der Waals surface area contributed by atoms with Crippen LogP contribution < -0.4 is 5.32 Å². The highest BCUT2D eigenvalue weighted by molar-refractivity contribution is 7.21. The fraction of sp³-hybridized carbons (Fsp3) is 0. The van der Waals surface area contributed by atoms with Gasteiger partial charge in [0, 0.05) is 22.5 Å². The van der Waals surface area contributed by atoms with Gasteiger partial charge < -0.3 is 9.73 Å². The van der Waals surface area contributed by atoms with Crippen LogP contribution in [0.1, 0.15) is 0 Å². The summed E-state index contributed by atoms with van der Waals surface area (Å²) >= 11 is 1.73. The third-order valence-corrected chi connectivity index (χ3v) is 8.61. The highest BCUT2D eigenvalue weighted by atomic mass is 32.1. The van der Waals surface area contributed by atoms with E-state index in [1.54, 1.807) is 11.3 Å². The molecule has 0 spiro atoms. The summed E-state index contributed by atoms with van der Waals surface area (Å²) in [5.41, 5.74) is 11.4. The van der Waals surface area contributed by atoms with Gasteiger partial charge in [0.05, 0.1) is 10.2 Å². The molecule has 0 aliphatic heterocycles. The van der Waals surface area contributed by atoms with Crippen molar-refractivity contribution in [1.29, 1.82) is 0 Å². The molecule has 0 amide bonds. The molecule has 1 N–H and O–H groups in total. The number of nitrogens with zero attached hydrogens (tertiary/aromatic N) is 2. The van der Waals surface area contributed by atoms with Crippen LogP contribution >= 0.6 is 11.3 Å². The van der Waals surface area contributed by atoms with Gasteiger partial charge in [0.15, 0.2) is 5.58 Å². The normalized spacial score (nSPS) is 11.3. The topological polar surface area (TPSA) is 51.0 Å². The van der Waals surface area contributed by atoms with Gasteiger partial charge >= 0.3 is 0 Å². The van der Waals surface area contributed by atoms with Crippen LogP contribution in [-0.4, -0.2) is 9.97 Å². The summed E-state index contributed by atoms with van der Waals surface area (Å²) in [7, 11) is 0. The zero-order valence-electron chi connectivity index (χ0n) is 23.1. The van der Waals surface area contributed by atoms with Gasteiger partial charge in [0.2, 0.25) is 5.89 Å². The number of hydrogen-bond donors (Lipinski definition) is 1. The van der Waals surface area contributed by atoms with Gasteiger partial charge in [-0.3, -0.25) is 0 Å². The lowest BCUT2D eigenvalue weighted by Crippen LogP contribution is -1.90. The van der Waals surface area contributed by atoms with Crippen molar-refractivity contribution in [2.24, 2.45) is 0 Å². The molecule has 6 aromatic carbocycles. The molecule has 43 heavy (non-hydrogen) atoms. The minimum atomic E-state index is 0.639. The smallest absolute Gasteiger partial charge is 0.227 e. The van der Waals surface area contributed by atoms with E-state index in [1.165, 1.54) is 15.8 Å². The third-order valence-electron chi connectivity index (χ3n) is 7.54. The molecule has 0 radical (unpaired) electrons. The summed E-state index contributed by atoms with van der Waals surface area (Å²) in [6.07, 6.45) is 0. The molecule has 204 valence electrons. The fourth-order valence-electron chi connectivity index (χ4n) is 5.28. The number of aromatic nitrogens is 2. The van der Waals surface area contributed by atoms with Gasteiger partial charge in [-0.2, -0.15) is 0 Å². The van der Waals surface area contributed by atoms with Crippen molar-refractivity contribution in [2.45, 2.75) is 0 Å². The Morgan fingerprint density at radius 2 is 1.02 bits per heavy atom. The van der Waals surface area contributed by atoms with Gasteiger partial charge in [0.1, 0.15) is 10.5 Å². The molecule has 0 fully saturated rings. The summed E-state index contributed by atoms with van der Waals surface area (Å²) in [4.78, 5) is 9.48. The van der Waals surface area contributed by atoms with Crippen molar-refractivity contribution >= 4 is 44.0 Å². The van der Waals surface area contributed by atoms with Crippen molar-refractivity contribution in [1.82, 2.24) is 9.97 Å². The first-order chi connectivity index (χ1) is 21.2. The fourth-order valence-corrected chi connectivity index (χ4v) is 6.29. The molecular formula is C38H25N3OS. The maximum atomic E-state index is 6.07. The SMILES string of the molecule is c1ccc(-c2nc3ccc(-c4ccc(Nc5ccc(-c6ccc7nc(-c8ccccc8)sc7c6)cc5)cc4)cc3o2)cc1. The number of rotatable bonds is 6. The quantitative estimate of drug-likeness (QED) is 0.216. The Labute approximate surface area is 253 Å². The number of anilines is 2. The van der Waals surface area contributed by atoms with Crippen LogP contribution in [0.2, 0.25) is 0 Å². The average Bonchev–Trinajstić information content (AvgIpc) is 3.70. The van der Waals surface area contributed by atoms with Crippen LogP contribution in [0.4, 0.5) is 11.4 Å². The molecule has 2 heterocycles. The molecule has 0 bridgehead atoms. The standard InChI is InChI=1S/C38H25N3OS/c1-3-7-27(8-4-1)37-40-33-21-15-29(23-35(33)42-37)25-11-17-31(18-12-25)39-32-19-13-26(14-20-32)30-16-22-34-36(24-30)43-38(41-34)28-9-5-2-6-10-28/h1-24,39H. The Morgan fingerprint density at radius 3 is 1.67 bits per heavy atom. The first-order valence-electron chi connectivity index (χ1n) is 14.2. The van der Waals surface area contributed by atoms with E-state index in [9.17, 15) is 0 Å². The molecule has 2 aromatic heterocycles. The Kier molecular flexibility index (Phi) is 6.28. The molecule has 0 aliphatic rings. The molecular weight excluding hydrogens is 547 g/mol. The maximum absolute atomic E-state index is 6.07. The number of nitrogens with one attached hydrogen (secondary N) is 1. The summed E-state index contributed by atoms with van der Waals surface area (Å²) in [6.45, 7) is 0. The lowest BCUT2D eigenvalue weighted by molar-refractivity contribution is 0.620. The van der Waals surface area contributed by atoms with Crippen molar-refractivity contribution in [3.8, 4) is 44.3 Å². The number of hydrogen-bond acceptors (Lipinski definition) is 5. The summed E-state index contributed by atoms with van der Waals surface area (Å²) in [5, 5.41) is 4.58. The first kappa shape index (κ1) is 25.2. The van der Waals surface area contributed by atoms with Gasteiger partial charge in [0.25, 0.3) is 0 Å². The lowest BCUT2D eigenvalue weighted by Gasteiger charge is -2.09. The Bertz CT molecular complexity index is 2020. The van der Waals surface area contributed by atoms with Gasteiger partial charge in [-0.1, -0.05) is 84.9 Å². The van der Waals surface area contributed by atoms with Crippen molar-refractivity contribution in [3.63, 3.8) is 0 Å². The van der Waals surface area contributed by atoms with E-state index in [4.69, 9.17) is 9.40 Å².